The molecular formula is C23H28N6O4. The average molecular weight is 453 g/mol. The van der Waals surface area contributed by atoms with E-state index in [0.717, 1.165) is 32.2 Å². The zero-order chi connectivity index (χ0) is 23.5. The van der Waals surface area contributed by atoms with E-state index in [9.17, 15) is 19.2 Å². The lowest BCUT2D eigenvalue weighted by atomic mass is 9.92. The molecule has 0 aliphatic carbocycles. The van der Waals surface area contributed by atoms with Gasteiger partial charge in [0.25, 0.3) is 5.56 Å². The molecule has 0 bridgehead atoms. The number of H-pyrrole nitrogens is 1. The highest BCUT2D eigenvalue weighted by Crippen LogP contribution is 2.32. The second-order valence-electron chi connectivity index (χ2n) is 8.46. The molecule has 2 atom stereocenters. The predicted molar refractivity (Wildman–Crippen MR) is 125 cm³/mol. The molecule has 3 heterocycles. The molecule has 3 amide bonds. The standard InChI is InChI=1S/C23H28N6O4/c1-3-16-6-4-5-11-29(16)23-27-20-19(22(33)28-23)17(12-18(31)26-20)21(32)25-15-9-7-14(8-10-15)24-13(2)30/h7-10,16-17H,3-6,11-12H2,1-2H3,(H,24,30)(H,25,32)(H2,26,27,28,31,33)/t16-,17+/m1/s1. The Labute approximate surface area is 191 Å². The van der Waals surface area contributed by atoms with Gasteiger partial charge in [-0.1, -0.05) is 6.92 Å². The summed E-state index contributed by atoms with van der Waals surface area (Å²) in [6.07, 6.45) is 3.95. The maximum Gasteiger partial charge on any atom is 0.258 e. The van der Waals surface area contributed by atoms with Crippen molar-refractivity contribution in [3.8, 4) is 0 Å². The number of nitrogens with one attached hydrogen (secondary N) is 4. The fraction of sp³-hybridized carbons (Fsp3) is 0.435. The summed E-state index contributed by atoms with van der Waals surface area (Å²) < 4.78 is 0. The van der Waals surface area contributed by atoms with Crippen molar-refractivity contribution in [1.82, 2.24) is 9.97 Å². The Morgan fingerprint density at radius 1 is 1.12 bits per heavy atom. The maximum atomic E-state index is 13.0. The van der Waals surface area contributed by atoms with Crippen LogP contribution in [0.1, 0.15) is 57.4 Å². The molecule has 0 spiro atoms. The zero-order valence-corrected chi connectivity index (χ0v) is 18.7. The number of aromatic amines is 1. The van der Waals surface area contributed by atoms with Gasteiger partial charge in [0.15, 0.2) is 0 Å². The Morgan fingerprint density at radius 2 is 1.82 bits per heavy atom. The third kappa shape index (κ3) is 4.89. The van der Waals surface area contributed by atoms with E-state index in [1.54, 1.807) is 24.3 Å². The average Bonchev–Trinajstić information content (AvgIpc) is 2.79. The van der Waals surface area contributed by atoms with Gasteiger partial charge in [0.05, 0.1) is 11.5 Å². The van der Waals surface area contributed by atoms with Crippen LogP contribution in [0.25, 0.3) is 0 Å². The summed E-state index contributed by atoms with van der Waals surface area (Å²) in [6.45, 7) is 4.29. The fourth-order valence-corrected chi connectivity index (χ4v) is 4.49. The molecular weight excluding hydrogens is 424 g/mol. The number of hydrogen-bond acceptors (Lipinski definition) is 6. The summed E-state index contributed by atoms with van der Waals surface area (Å²) in [6, 6.07) is 6.86. The molecule has 2 aliphatic heterocycles. The number of nitrogens with zero attached hydrogens (tertiary/aromatic N) is 2. The summed E-state index contributed by atoms with van der Waals surface area (Å²) in [7, 11) is 0. The fourth-order valence-electron chi connectivity index (χ4n) is 4.49. The highest BCUT2D eigenvalue weighted by Gasteiger charge is 2.35. The minimum atomic E-state index is -0.961. The largest absolute Gasteiger partial charge is 0.339 e. The Morgan fingerprint density at radius 3 is 2.48 bits per heavy atom. The summed E-state index contributed by atoms with van der Waals surface area (Å²) >= 11 is 0. The Bertz CT molecular complexity index is 1130. The molecule has 10 nitrogen and oxygen atoms in total. The van der Waals surface area contributed by atoms with Crippen LogP contribution in [0.3, 0.4) is 0 Å². The molecule has 0 radical (unpaired) electrons. The first-order valence-electron chi connectivity index (χ1n) is 11.2. The topological polar surface area (TPSA) is 136 Å². The first kappa shape index (κ1) is 22.5. The monoisotopic (exact) mass is 452 g/mol. The molecule has 10 heteroatoms. The summed E-state index contributed by atoms with van der Waals surface area (Å²) in [4.78, 5) is 59.1. The number of rotatable bonds is 5. The van der Waals surface area contributed by atoms with Gasteiger partial charge < -0.3 is 20.9 Å². The van der Waals surface area contributed by atoms with Crippen molar-refractivity contribution in [2.75, 3.05) is 27.4 Å². The Kier molecular flexibility index (Phi) is 6.43. The molecule has 174 valence electrons. The van der Waals surface area contributed by atoms with Gasteiger partial charge in [0.1, 0.15) is 5.82 Å². The number of piperidine rings is 1. The van der Waals surface area contributed by atoms with Crippen molar-refractivity contribution in [2.45, 2.75) is 57.9 Å². The van der Waals surface area contributed by atoms with Crippen molar-refractivity contribution in [2.24, 2.45) is 0 Å². The lowest BCUT2D eigenvalue weighted by Gasteiger charge is -2.36. The number of anilines is 4. The first-order chi connectivity index (χ1) is 15.9. The Hall–Kier alpha value is -3.69. The van der Waals surface area contributed by atoms with Gasteiger partial charge >= 0.3 is 0 Å². The molecule has 1 aromatic heterocycles. The van der Waals surface area contributed by atoms with Crippen LogP contribution >= 0.6 is 0 Å². The normalized spacial score (nSPS) is 19.9. The predicted octanol–water partition coefficient (Wildman–Crippen LogP) is 2.56. The van der Waals surface area contributed by atoms with Gasteiger partial charge in [-0.25, -0.2) is 0 Å². The van der Waals surface area contributed by atoms with Crippen molar-refractivity contribution in [1.29, 1.82) is 0 Å². The first-order valence-corrected chi connectivity index (χ1v) is 11.2. The molecule has 0 unspecified atom stereocenters. The maximum absolute atomic E-state index is 13.0. The molecule has 1 saturated heterocycles. The van der Waals surface area contributed by atoms with Crippen LogP contribution in [0, 0.1) is 0 Å². The number of amides is 3. The summed E-state index contributed by atoms with van der Waals surface area (Å²) in [5.41, 5.74) is 0.827. The van der Waals surface area contributed by atoms with Crippen LogP contribution in [0.5, 0.6) is 0 Å². The summed E-state index contributed by atoms with van der Waals surface area (Å²) in [5.74, 6) is -1.41. The second kappa shape index (κ2) is 9.43. The van der Waals surface area contributed by atoms with Crippen molar-refractivity contribution in [3.63, 3.8) is 0 Å². The SMILES string of the molecule is CC[C@@H]1CCCCN1c1nc2c(c(=O)[nH]1)[C@@H](C(=O)Nc1ccc(NC(C)=O)cc1)CC(=O)N2. The van der Waals surface area contributed by atoms with E-state index in [2.05, 4.69) is 37.7 Å². The zero-order valence-electron chi connectivity index (χ0n) is 18.7. The van der Waals surface area contributed by atoms with Crippen LogP contribution in [0.4, 0.5) is 23.1 Å². The van der Waals surface area contributed by atoms with E-state index in [-0.39, 0.29) is 35.7 Å². The van der Waals surface area contributed by atoms with Crippen LogP contribution < -0.4 is 26.4 Å². The van der Waals surface area contributed by atoms with Gasteiger partial charge in [-0.15, -0.1) is 0 Å². The molecule has 4 N–H and O–H groups in total. The number of carbonyl (C=O) groups is 3. The quantitative estimate of drug-likeness (QED) is 0.550. The van der Waals surface area contributed by atoms with Gasteiger partial charge in [0, 0.05) is 37.3 Å². The van der Waals surface area contributed by atoms with Crippen LogP contribution in [-0.2, 0) is 14.4 Å². The second-order valence-corrected chi connectivity index (χ2v) is 8.46. The Balaban J connectivity index is 1.59. The number of aromatic nitrogens is 2. The molecule has 0 saturated carbocycles. The highest BCUT2D eigenvalue weighted by atomic mass is 16.2. The lowest BCUT2D eigenvalue weighted by molar-refractivity contribution is -0.123. The molecule has 2 aliphatic rings. The number of carbonyl (C=O) groups excluding carboxylic acids is 3. The number of hydrogen-bond donors (Lipinski definition) is 4. The van der Waals surface area contributed by atoms with Gasteiger partial charge in [-0.2, -0.15) is 4.98 Å². The van der Waals surface area contributed by atoms with E-state index in [4.69, 9.17) is 0 Å². The van der Waals surface area contributed by atoms with E-state index < -0.39 is 17.4 Å². The minimum absolute atomic E-state index is 0.145. The molecule has 2 aromatic rings. The molecule has 1 fully saturated rings. The highest BCUT2D eigenvalue weighted by molar-refractivity contribution is 6.04. The molecule has 4 rings (SSSR count). The third-order valence-corrected chi connectivity index (χ3v) is 6.10. The van der Waals surface area contributed by atoms with Gasteiger partial charge in [0.2, 0.25) is 23.7 Å². The van der Waals surface area contributed by atoms with Crippen LogP contribution in [0.15, 0.2) is 29.1 Å². The van der Waals surface area contributed by atoms with E-state index in [0.29, 0.717) is 17.3 Å². The van der Waals surface area contributed by atoms with Crippen LogP contribution in [-0.4, -0.2) is 40.3 Å². The van der Waals surface area contributed by atoms with Gasteiger partial charge in [-0.3, -0.25) is 24.2 Å². The van der Waals surface area contributed by atoms with Crippen molar-refractivity contribution < 1.29 is 14.4 Å². The van der Waals surface area contributed by atoms with Crippen LogP contribution in [0.2, 0.25) is 0 Å². The third-order valence-electron chi connectivity index (χ3n) is 6.10. The summed E-state index contributed by atoms with van der Waals surface area (Å²) in [5, 5.41) is 8.08. The van der Waals surface area contributed by atoms with Gasteiger partial charge in [-0.05, 0) is 49.9 Å². The van der Waals surface area contributed by atoms with E-state index >= 15 is 0 Å². The number of fused-ring (bicyclic) bond motifs is 1. The lowest BCUT2D eigenvalue weighted by Crippen LogP contribution is -2.43. The van der Waals surface area contributed by atoms with Crippen molar-refractivity contribution >= 4 is 40.9 Å². The van der Waals surface area contributed by atoms with E-state index in [1.807, 2.05) is 0 Å². The smallest absolute Gasteiger partial charge is 0.258 e. The number of benzene rings is 1. The minimum Gasteiger partial charge on any atom is -0.339 e. The van der Waals surface area contributed by atoms with E-state index in [1.165, 1.54) is 6.92 Å². The molecule has 1 aromatic carbocycles. The molecule has 33 heavy (non-hydrogen) atoms. The van der Waals surface area contributed by atoms with Crippen molar-refractivity contribution in [3.05, 3.63) is 40.2 Å².